The lowest BCUT2D eigenvalue weighted by atomic mass is 10.2. The predicted molar refractivity (Wildman–Crippen MR) is 129 cm³/mol. The summed E-state index contributed by atoms with van der Waals surface area (Å²) in [6.07, 6.45) is 0. The van der Waals surface area contributed by atoms with E-state index in [1.807, 2.05) is 19.0 Å². The second kappa shape index (κ2) is 9.72. The first-order valence-electron chi connectivity index (χ1n) is 9.68. The molecule has 0 saturated carbocycles. The number of anilines is 1. The highest BCUT2D eigenvalue weighted by molar-refractivity contribution is 7.89. The summed E-state index contributed by atoms with van der Waals surface area (Å²) in [4.78, 5) is 21.7. The van der Waals surface area contributed by atoms with Gasteiger partial charge in [0, 0.05) is 32.7 Å². The molecule has 1 amide bonds. The zero-order valence-corrected chi connectivity index (χ0v) is 20.9. The first-order chi connectivity index (χ1) is 15.1. The van der Waals surface area contributed by atoms with Crippen molar-refractivity contribution in [2.75, 3.05) is 53.3 Å². The largest absolute Gasteiger partial charge is 0.494 e. The van der Waals surface area contributed by atoms with E-state index >= 15 is 0 Å². The minimum absolute atomic E-state index is 0.121. The minimum Gasteiger partial charge on any atom is -0.494 e. The normalized spacial score (nSPS) is 12.0. The zero-order chi connectivity index (χ0) is 23.6. The molecule has 0 aliphatic carbocycles. The molecule has 2 aromatic carbocycles. The number of fused-ring (bicyclic) bond motifs is 1. The molecule has 0 fully saturated rings. The number of nitrogens with zero attached hydrogens (tertiary/aromatic N) is 4. The van der Waals surface area contributed by atoms with Gasteiger partial charge >= 0.3 is 0 Å². The summed E-state index contributed by atoms with van der Waals surface area (Å²) >= 11 is 7.66. The SMILES string of the molecule is COc1ccc(Cl)c2sc(N(CCN(C)C)C(=O)c3ccc(S(=O)(=O)N(C)C)cc3)nc12. The number of hydrogen-bond acceptors (Lipinski definition) is 7. The van der Waals surface area contributed by atoms with Crippen LogP contribution in [0, 0.1) is 0 Å². The van der Waals surface area contributed by atoms with Gasteiger partial charge in [0.1, 0.15) is 11.3 Å². The lowest BCUT2D eigenvalue weighted by Gasteiger charge is -2.22. The molecule has 0 bridgehead atoms. The predicted octanol–water partition coefficient (Wildman–Crippen LogP) is 3.42. The number of methoxy groups -OCH3 is 1. The van der Waals surface area contributed by atoms with Crippen LogP contribution < -0.4 is 9.64 Å². The number of halogens is 1. The van der Waals surface area contributed by atoms with Gasteiger partial charge in [0.2, 0.25) is 10.0 Å². The number of benzene rings is 2. The molecule has 0 spiro atoms. The van der Waals surface area contributed by atoms with Crippen LogP contribution in [-0.4, -0.2) is 76.9 Å². The number of aromatic nitrogens is 1. The minimum atomic E-state index is -3.58. The van der Waals surface area contributed by atoms with Crippen molar-refractivity contribution in [2.45, 2.75) is 4.90 Å². The maximum Gasteiger partial charge on any atom is 0.260 e. The molecule has 0 atom stereocenters. The maximum atomic E-state index is 13.4. The molecule has 0 unspecified atom stereocenters. The van der Waals surface area contributed by atoms with E-state index in [0.29, 0.717) is 40.1 Å². The van der Waals surface area contributed by atoms with Crippen molar-refractivity contribution in [1.29, 1.82) is 0 Å². The van der Waals surface area contributed by atoms with Crippen molar-refractivity contribution in [1.82, 2.24) is 14.2 Å². The van der Waals surface area contributed by atoms with Crippen molar-refractivity contribution in [2.24, 2.45) is 0 Å². The van der Waals surface area contributed by atoms with E-state index in [9.17, 15) is 13.2 Å². The molecule has 0 N–H and O–H groups in total. The molecule has 0 saturated heterocycles. The fourth-order valence-electron chi connectivity index (χ4n) is 2.94. The van der Waals surface area contributed by atoms with Gasteiger partial charge in [-0.2, -0.15) is 0 Å². The number of ether oxygens (including phenoxy) is 1. The molecular weight excluding hydrogens is 472 g/mol. The molecule has 3 aromatic rings. The summed E-state index contributed by atoms with van der Waals surface area (Å²) in [6, 6.07) is 9.38. The molecule has 8 nitrogen and oxygen atoms in total. The topological polar surface area (TPSA) is 83.0 Å². The summed E-state index contributed by atoms with van der Waals surface area (Å²) in [6.45, 7) is 1.00. The molecule has 1 aromatic heterocycles. The average Bonchev–Trinajstić information content (AvgIpc) is 3.20. The van der Waals surface area contributed by atoms with Gasteiger partial charge in [-0.1, -0.05) is 22.9 Å². The second-order valence-corrected chi connectivity index (χ2v) is 11.0. The fourth-order valence-corrected chi connectivity index (χ4v) is 5.12. The standard InChI is InChI=1S/C21H25ClN4O4S2/c1-24(2)12-13-26(21-23-18-17(30-5)11-10-16(22)19(18)31-21)20(27)14-6-8-15(9-7-14)32(28,29)25(3)4/h6-11H,12-13H2,1-5H3. The lowest BCUT2D eigenvalue weighted by Crippen LogP contribution is -2.36. The van der Waals surface area contributed by atoms with Crippen LogP contribution in [0.4, 0.5) is 5.13 Å². The van der Waals surface area contributed by atoms with E-state index in [-0.39, 0.29) is 10.8 Å². The average molecular weight is 497 g/mol. The van der Waals surface area contributed by atoms with Crippen molar-refractivity contribution in [3.63, 3.8) is 0 Å². The zero-order valence-electron chi connectivity index (χ0n) is 18.5. The van der Waals surface area contributed by atoms with Crippen molar-refractivity contribution < 1.29 is 17.9 Å². The van der Waals surface area contributed by atoms with Crippen LogP contribution in [-0.2, 0) is 10.0 Å². The van der Waals surface area contributed by atoms with Crippen molar-refractivity contribution in [3.05, 3.63) is 47.0 Å². The van der Waals surface area contributed by atoms with Crippen LogP contribution in [0.5, 0.6) is 5.75 Å². The van der Waals surface area contributed by atoms with Gasteiger partial charge in [0.05, 0.1) is 21.7 Å². The molecule has 0 aliphatic heterocycles. The van der Waals surface area contributed by atoms with E-state index in [2.05, 4.69) is 4.98 Å². The Morgan fingerprint density at radius 3 is 2.28 bits per heavy atom. The summed E-state index contributed by atoms with van der Waals surface area (Å²) < 4.78 is 31.9. The van der Waals surface area contributed by atoms with Crippen LogP contribution in [0.3, 0.4) is 0 Å². The maximum absolute atomic E-state index is 13.4. The van der Waals surface area contributed by atoms with Gasteiger partial charge < -0.3 is 9.64 Å². The molecule has 172 valence electrons. The van der Waals surface area contributed by atoms with Crippen molar-refractivity contribution in [3.8, 4) is 5.75 Å². The molecule has 32 heavy (non-hydrogen) atoms. The van der Waals surface area contributed by atoms with Gasteiger partial charge in [-0.3, -0.25) is 9.69 Å². The fraction of sp³-hybridized carbons (Fsp3) is 0.333. The first kappa shape index (κ1) is 24.4. The Kier molecular flexibility index (Phi) is 7.41. The van der Waals surface area contributed by atoms with Crippen LogP contribution in [0.15, 0.2) is 41.3 Å². The van der Waals surface area contributed by atoms with E-state index in [1.54, 1.807) is 24.1 Å². The third-order valence-corrected chi connectivity index (χ3v) is 8.16. The lowest BCUT2D eigenvalue weighted by molar-refractivity contribution is 0.0985. The van der Waals surface area contributed by atoms with Crippen LogP contribution >= 0.6 is 22.9 Å². The number of amides is 1. The number of thiazole rings is 1. The number of carbonyl (C=O) groups is 1. The Balaban J connectivity index is 2.02. The number of sulfonamides is 1. The Morgan fingerprint density at radius 1 is 1.06 bits per heavy atom. The molecule has 11 heteroatoms. The van der Waals surface area contributed by atoms with E-state index < -0.39 is 10.0 Å². The van der Waals surface area contributed by atoms with Crippen LogP contribution in [0.2, 0.25) is 5.02 Å². The van der Waals surface area contributed by atoms with Gasteiger partial charge in [-0.05, 0) is 50.5 Å². The van der Waals surface area contributed by atoms with Gasteiger partial charge in [0.15, 0.2) is 5.13 Å². The summed E-state index contributed by atoms with van der Waals surface area (Å²) in [5, 5.41) is 1.02. The Morgan fingerprint density at radius 2 is 1.72 bits per heavy atom. The number of rotatable bonds is 8. The van der Waals surface area contributed by atoms with Crippen LogP contribution in [0.25, 0.3) is 10.2 Å². The molecule has 1 heterocycles. The van der Waals surface area contributed by atoms with Gasteiger partial charge in [-0.25, -0.2) is 17.7 Å². The smallest absolute Gasteiger partial charge is 0.260 e. The molecule has 0 aliphatic rings. The molecule has 0 radical (unpaired) electrons. The Bertz CT molecular complexity index is 1220. The highest BCUT2D eigenvalue weighted by atomic mass is 35.5. The molecule has 3 rings (SSSR count). The number of carbonyl (C=O) groups excluding carboxylic acids is 1. The third-order valence-electron chi connectivity index (χ3n) is 4.79. The van der Waals surface area contributed by atoms with Crippen molar-refractivity contribution >= 4 is 54.2 Å². The quantitative estimate of drug-likeness (QED) is 0.475. The van der Waals surface area contributed by atoms with E-state index in [4.69, 9.17) is 16.3 Å². The summed E-state index contributed by atoms with van der Waals surface area (Å²) in [5.41, 5.74) is 0.953. The highest BCUT2D eigenvalue weighted by Gasteiger charge is 2.24. The highest BCUT2D eigenvalue weighted by Crippen LogP contribution is 2.39. The monoisotopic (exact) mass is 496 g/mol. The van der Waals surface area contributed by atoms with E-state index in [0.717, 1.165) is 9.01 Å². The molecular formula is C21H25ClN4O4S2. The second-order valence-electron chi connectivity index (χ2n) is 7.50. The van der Waals surface area contributed by atoms with Crippen LogP contribution in [0.1, 0.15) is 10.4 Å². The number of likely N-dealkylation sites (N-methyl/N-ethyl adjacent to an activating group) is 1. The third kappa shape index (κ3) is 4.89. The summed E-state index contributed by atoms with van der Waals surface area (Å²) in [7, 11) is 4.74. The first-order valence-corrected chi connectivity index (χ1v) is 12.3. The number of hydrogen-bond donors (Lipinski definition) is 0. The van der Waals surface area contributed by atoms with Gasteiger partial charge in [-0.15, -0.1) is 0 Å². The summed E-state index contributed by atoms with van der Waals surface area (Å²) in [5.74, 6) is 0.292. The Labute approximate surface area is 197 Å². The van der Waals surface area contributed by atoms with Gasteiger partial charge in [0.25, 0.3) is 5.91 Å². The Hall–Kier alpha value is -2.24. The van der Waals surface area contributed by atoms with E-state index in [1.165, 1.54) is 49.7 Å².